The minimum Gasteiger partial charge on any atom is -0.352 e. The maximum absolute atomic E-state index is 12.1. The number of carbonyl (C=O) groups excluding carboxylic acids is 1. The molecule has 1 aliphatic carbocycles. The van der Waals surface area contributed by atoms with Crippen LogP contribution in [0.4, 0.5) is 0 Å². The molecular weight excluding hydrogens is 310 g/mol. The van der Waals surface area contributed by atoms with Gasteiger partial charge in [0.2, 0.25) is 5.91 Å². The number of carbonyl (C=O) groups is 1. The van der Waals surface area contributed by atoms with Gasteiger partial charge < -0.3 is 5.32 Å². The van der Waals surface area contributed by atoms with E-state index in [-0.39, 0.29) is 10.9 Å². The van der Waals surface area contributed by atoms with Crippen LogP contribution >= 0.6 is 11.6 Å². The molecule has 21 heavy (non-hydrogen) atoms. The average molecular weight is 330 g/mol. The summed E-state index contributed by atoms with van der Waals surface area (Å²) < 4.78 is 24.3. The summed E-state index contributed by atoms with van der Waals surface area (Å²) in [5.41, 5.74) is 0. The summed E-state index contributed by atoms with van der Waals surface area (Å²) in [6, 6.07) is 5.97. The van der Waals surface area contributed by atoms with E-state index in [2.05, 4.69) is 12.2 Å². The van der Waals surface area contributed by atoms with Crippen LogP contribution < -0.4 is 5.32 Å². The SMILES string of the molecule is CC1CCC(NC(=O)CS(=O)(=O)c2ccc(Cl)cc2)CC1. The van der Waals surface area contributed by atoms with Gasteiger partial charge in [0, 0.05) is 11.1 Å². The molecule has 0 aromatic heterocycles. The van der Waals surface area contributed by atoms with E-state index in [9.17, 15) is 13.2 Å². The third-order valence-electron chi connectivity index (χ3n) is 3.87. The summed E-state index contributed by atoms with van der Waals surface area (Å²) in [6.07, 6.45) is 4.01. The normalized spacial score (nSPS) is 22.8. The van der Waals surface area contributed by atoms with Crippen molar-refractivity contribution in [3.05, 3.63) is 29.3 Å². The van der Waals surface area contributed by atoms with Crippen molar-refractivity contribution in [2.24, 2.45) is 5.92 Å². The Morgan fingerprint density at radius 2 is 1.76 bits per heavy atom. The Labute approximate surface area is 130 Å². The fourth-order valence-electron chi connectivity index (χ4n) is 2.57. The number of rotatable bonds is 4. The zero-order valence-corrected chi connectivity index (χ0v) is 13.6. The second-order valence-electron chi connectivity index (χ2n) is 5.74. The van der Waals surface area contributed by atoms with Gasteiger partial charge in [-0.3, -0.25) is 4.79 Å². The first-order chi connectivity index (χ1) is 9.87. The molecule has 0 saturated heterocycles. The Balaban J connectivity index is 1.93. The topological polar surface area (TPSA) is 63.2 Å². The van der Waals surface area contributed by atoms with Crippen molar-refractivity contribution >= 4 is 27.3 Å². The van der Waals surface area contributed by atoms with Crippen molar-refractivity contribution in [2.75, 3.05) is 5.75 Å². The van der Waals surface area contributed by atoms with Crippen molar-refractivity contribution < 1.29 is 13.2 Å². The highest BCUT2D eigenvalue weighted by molar-refractivity contribution is 7.92. The number of benzene rings is 1. The summed E-state index contributed by atoms with van der Waals surface area (Å²) in [4.78, 5) is 12.1. The zero-order chi connectivity index (χ0) is 15.5. The highest BCUT2D eigenvalue weighted by Gasteiger charge is 2.23. The number of hydrogen-bond acceptors (Lipinski definition) is 3. The van der Waals surface area contributed by atoms with Gasteiger partial charge >= 0.3 is 0 Å². The van der Waals surface area contributed by atoms with Crippen LogP contribution in [0, 0.1) is 5.92 Å². The second-order valence-corrected chi connectivity index (χ2v) is 8.16. The summed E-state index contributed by atoms with van der Waals surface area (Å²) in [5, 5.41) is 3.30. The molecule has 6 heteroatoms. The van der Waals surface area contributed by atoms with Crippen LogP contribution in [0.3, 0.4) is 0 Å². The maximum atomic E-state index is 12.1. The van der Waals surface area contributed by atoms with E-state index in [0.29, 0.717) is 10.9 Å². The Hall–Kier alpha value is -1.07. The Kier molecular flexibility index (Phi) is 5.27. The van der Waals surface area contributed by atoms with Gasteiger partial charge in [-0.25, -0.2) is 8.42 Å². The lowest BCUT2D eigenvalue weighted by Gasteiger charge is -2.26. The van der Waals surface area contributed by atoms with Gasteiger partial charge in [-0.15, -0.1) is 0 Å². The van der Waals surface area contributed by atoms with E-state index < -0.39 is 21.5 Å². The van der Waals surface area contributed by atoms with E-state index in [4.69, 9.17) is 11.6 Å². The molecule has 0 spiro atoms. The fourth-order valence-corrected chi connectivity index (χ4v) is 3.84. The minimum absolute atomic E-state index is 0.106. The molecule has 2 rings (SSSR count). The van der Waals surface area contributed by atoms with Gasteiger partial charge in [0.1, 0.15) is 5.75 Å². The summed E-state index contributed by atoms with van der Waals surface area (Å²) in [7, 11) is -3.61. The van der Waals surface area contributed by atoms with Crippen molar-refractivity contribution in [1.82, 2.24) is 5.32 Å². The zero-order valence-electron chi connectivity index (χ0n) is 12.0. The first-order valence-electron chi connectivity index (χ1n) is 7.14. The molecule has 0 atom stereocenters. The minimum atomic E-state index is -3.61. The number of nitrogens with one attached hydrogen (secondary N) is 1. The molecule has 1 fully saturated rings. The summed E-state index contributed by atoms with van der Waals surface area (Å²) >= 11 is 5.73. The number of sulfone groups is 1. The van der Waals surface area contributed by atoms with E-state index in [1.165, 1.54) is 24.3 Å². The van der Waals surface area contributed by atoms with Crippen molar-refractivity contribution in [1.29, 1.82) is 0 Å². The molecule has 0 aliphatic heterocycles. The smallest absolute Gasteiger partial charge is 0.235 e. The highest BCUT2D eigenvalue weighted by Crippen LogP contribution is 2.23. The standard InChI is InChI=1S/C15H20ClNO3S/c1-11-2-6-13(7-3-11)17-15(18)10-21(19,20)14-8-4-12(16)5-9-14/h4-5,8-9,11,13H,2-3,6-7,10H2,1H3,(H,17,18). The van der Waals surface area contributed by atoms with Crippen LogP contribution in [0.5, 0.6) is 0 Å². The molecule has 1 aliphatic rings. The highest BCUT2D eigenvalue weighted by atomic mass is 35.5. The van der Waals surface area contributed by atoms with Crippen LogP contribution in [0.1, 0.15) is 32.6 Å². The van der Waals surface area contributed by atoms with Crippen LogP contribution in [-0.4, -0.2) is 26.1 Å². The van der Waals surface area contributed by atoms with Crippen LogP contribution in [0.25, 0.3) is 0 Å². The van der Waals surface area contributed by atoms with Gasteiger partial charge in [0.15, 0.2) is 9.84 Å². The first kappa shape index (κ1) is 16.3. The molecule has 1 N–H and O–H groups in total. The summed E-state index contributed by atoms with van der Waals surface area (Å²) in [5.74, 6) is -0.249. The molecule has 1 saturated carbocycles. The Bertz CT molecular complexity index is 590. The number of halogens is 1. The molecule has 0 bridgehead atoms. The van der Waals surface area contributed by atoms with E-state index in [0.717, 1.165) is 25.7 Å². The molecule has 0 radical (unpaired) electrons. The fraction of sp³-hybridized carbons (Fsp3) is 0.533. The molecule has 4 nitrogen and oxygen atoms in total. The molecule has 1 amide bonds. The van der Waals surface area contributed by atoms with E-state index in [1.807, 2.05) is 0 Å². The molecular formula is C15H20ClNO3S. The number of hydrogen-bond donors (Lipinski definition) is 1. The molecule has 1 aromatic carbocycles. The molecule has 116 valence electrons. The van der Waals surface area contributed by atoms with E-state index >= 15 is 0 Å². The predicted molar refractivity (Wildman–Crippen MR) is 83.1 cm³/mol. The lowest BCUT2D eigenvalue weighted by molar-refractivity contribution is -0.119. The Morgan fingerprint density at radius 1 is 1.19 bits per heavy atom. The molecule has 0 unspecified atom stereocenters. The van der Waals surface area contributed by atoms with Crippen LogP contribution in [0.2, 0.25) is 5.02 Å². The average Bonchev–Trinajstić information content (AvgIpc) is 2.41. The largest absolute Gasteiger partial charge is 0.352 e. The van der Waals surface area contributed by atoms with Crippen LogP contribution in [0.15, 0.2) is 29.2 Å². The lowest BCUT2D eigenvalue weighted by atomic mass is 9.87. The van der Waals surface area contributed by atoms with Gasteiger partial charge in [-0.05, 0) is 55.9 Å². The van der Waals surface area contributed by atoms with Gasteiger partial charge in [-0.1, -0.05) is 18.5 Å². The second kappa shape index (κ2) is 6.79. The van der Waals surface area contributed by atoms with Crippen molar-refractivity contribution in [3.8, 4) is 0 Å². The third kappa shape index (κ3) is 4.71. The van der Waals surface area contributed by atoms with Crippen molar-refractivity contribution in [2.45, 2.75) is 43.5 Å². The maximum Gasteiger partial charge on any atom is 0.235 e. The van der Waals surface area contributed by atoms with Crippen LogP contribution in [-0.2, 0) is 14.6 Å². The molecule has 1 aromatic rings. The van der Waals surface area contributed by atoms with Gasteiger partial charge in [-0.2, -0.15) is 0 Å². The molecule has 0 heterocycles. The quantitative estimate of drug-likeness (QED) is 0.923. The third-order valence-corrected chi connectivity index (χ3v) is 5.76. The summed E-state index contributed by atoms with van der Waals surface area (Å²) in [6.45, 7) is 2.20. The van der Waals surface area contributed by atoms with E-state index in [1.54, 1.807) is 0 Å². The predicted octanol–water partition coefficient (Wildman–Crippen LogP) is 2.81. The lowest BCUT2D eigenvalue weighted by Crippen LogP contribution is -2.40. The Morgan fingerprint density at radius 3 is 2.33 bits per heavy atom. The van der Waals surface area contributed by atoms with Gasteiger partial charge in [0.25, 0.3) is 0 Å². The number of amides is 1. The monoisotopic (exact) mass is 329 g/mol. The van der Waals surface area contributed by atoms with Gasteiger partial charge in [0.05, 0.1) is 4.90 Å². The first-order valence-corrected chi connectivity index (χ1v) is 9.17. The van der Waals surface area contributed by atoms with Crippen molar-refractivity contribution in [3.63, 3.8) is 0 Å².